The summed E-state index contributed by atoms with van der Waals surface area (Å²) in [7, 11) is 0. The van der Waals surface area contributed by atoms with Crippen LogP contribution in [0.4, 0.5) is 4.39 Å². The van der Waals surface area contributed by atoms with Crippen LogP contribution >= 0.6 is 0 Å². The van der Waals surface area contributed by atoms with E-state index in [4.69, 9.17) is 0 Å². The number of rotatable bonds is 3. The lowest BCUT2D eigenvalue weighted by atomic mass is 9.93. The molecular weight excluding hydrogens is 231 g/mol. The van der Waals surface area contributed by atoms with Crippen LogP contribution in [0.5, 0.6) is 0 Å². The minimum atomic E-state index is -0.554. The molecule has 1 heterocycles. The van der Waals surface area contributed by atoms with E-state index in [2.05, 4.69) is 10.6 Å². The largest absolute Gasteiger partial charge is 0.347 e. The van der Waals surface area contributed by atoms with Crippen molar-refractivity contribution in [3.63, 3.8) is 0 Å². The predicted octanol–water partition coefficient (Wildman–Crippen LogP) is 1.79. The number of benzene rings is 1. The Morgan fingerprint density at radius 1 is 1.50 bits per heavy atom. The lowest BCUT2D eigenvalue weighted by Crippen LogP contribution is -2.44. The van der Waals surface area contributed by atoms with E-state index < -0.39 is 5.54 Å². The lowest BCUT2D eigenvalue weighted by molar-refractivity contribution is -0.126. The first kappa shape index (κ1) is 13.0. The van der Waals surface area contributed by atoms with Crippen LogP contribution in [0.2, 0.25) is 0 Å². The van der Waals surface area contributed by atoms with E-state index in [1.165, 1.54) is 12.1 Å². The highest BCUT2D eigenvalue weighted by molar-refractivity contribution is 5.80. The van der Waals surface area contributed by atoms with E-state index in [0.717, 1.165) is 25.1 Å². The molecule has 2 N–H and O–H groups in total. The van der Waals surface area contributed by atoms with E-state index in [1.54, 1.807) is 6.07 Å². The summed E-state index contributed by atoms with van der Waals surface area (Å²) in [5, 5.41) is 6.16. The molecule has 0 aliphatic carbocycles. The van der Waals surface area contributed by atoms with Crippen molar-refractivity contribution in [2.45, 2.75) is 25.8 Å². The quantitative estimate of drug-likeness (QED) is 0.858. The Bertz CT molecular complexity index is 439. The van der Waals surface area contributed by atoms with Crippen LogP contribution in [0, 0.1) is 11.7 Å². The third-order valence-electron chi connectivity index (χ3n) is 3.41. The van der Waals surface area contributed by atoms with E-state index in [0.29, 0.717) is 0 Å². The molecule has 0 saturated carbocycles. The van der Waals surface area contributed by atoms with E-state index in [-0.39, 0.29) is 17.6 Å². The number of hydrogen-bond donors (Lipinski definition) is 2. The maximum atomic E-state index is 13.2. The van der Waals surface area contributed by atoms with Crippen molar-refractivity contribution in [2.24, 2.45) is 5.92 Å². The van der Waals surface area contributed by atoms with Gasteiger partial charge >= 0.3 is 0 Å². The van der Waals surface area contributed by atoms with Crippen LogP contribution < -0.4 is 10.6 Å². The second kappa shape index (κ2) is 5.06. The van der Waals surface area contributed by atoms with Crippen LogP contribution in [0.25, 0.3) is 0 Å². The molecule has 4 heteroatoms. The maximum absolute atomic E-state index is 13.2. The third kappa shape index (κ3) is 2.88. The Balaban J connectivity index is 2.08. The molecule has 1 aliphatic rings. The summed E-state index contributed by atoms with van der Waals surface area (Å²) in [4.78, 5) is 12.1. The monoisotopic (exact) mass is 250 g/mol. The molecule has 1 aromatic rings. The number of carbonyl (C=O) groups is 1. The van der Waals surface area contributed by atoms with Crippen molar-refractivity contribution in [2.75, 3.05) is 13.1 Å². The topological polar surface area (TPSA) is 41.1 Å². The lowest BCUT2D eigenvalue weighted by Gasteiger charge is -2.28. The molecule has 1 fully saturated rings. The fourth-order valence-corrected chi connectivity index (χ4v) is 2.24. The van der Waals surface area contributed by atoms with Crippen LogP contribution in [-0.4, -0.2) is 19.0 Å². The number of carbonyl (C=O) groups excluding carboxylic acids is 1. The van der Waals surface area contributed by atoms with Gasteiger partial charge in [-0.1, -0.05) is 12.1 Å². The Labute approximate surface area is 107 Å². The van der Waals surface area contributed by atoms with Crippen LogP contribution in [0.1, 0.15) is 25.8 Å². The molecule has 0 spiro atoms. The first-order valence-corrected chi connectivity index (χ1v) is 6.28. The normalized spacial score (nSPS) is 19.8. The number of hydrogen-bond acceptors (Lipinski definition) is 2. The molecule has 0 bridgehead atoms. The zero-order chi connectivity index (χ0) is 13.2. The van der Waals surface area contributed by atoms with Gasteiger partial charge in [-0.2, -0.15) is 0 Å². The average molecular weight is 250 g/mol. The molecule has 1 saturated heterocycles. The zero-order valence-corrected chi connectivity index (χ0v) is 10.8. The van der Waals surface area contributed by atoms with Crippen molar-refractivity contribution >= 4 is 5.91 Å². The highest BCUT2D eigenvalue weighted by Crippen LogP contribution is 2.22. The standard InChI is InChI=1S/C14H19FN2O/c1-14(2,11-4-3-5-12(15)8-11)17-13(18)10-6-7-16-9-10/h3-5,8,10,16H,6-7,9H2,1-2H3,(H,17,18). The molecular formula is C14H19FN2O. The summed E-state index contributed by atoms with van der Waals surface area (Å²) in [6, 6.07) is 6.36. The summed E-state index contributed by atoms with van der Waals surface area (Å²) >= 11 is 0. The van der Waals surface area contributed by atoms with Gasteiger partial charge in [0, 0.05) is 6.54 Å². The SMILES string of the molecule is CC(C)(NC(=O)C1CCNC1)c1cccc(F)c1. The van der Waals surface area contributed by atoms with Gasteiger partial charge in [0.2, 0.25) is 5.91 Å². The summed E-state index contributed by atoms with van der Waals surface area (Å²) < 4.78 is 13.2. The Hall–Kier alpha value is -1.42. The molecule has 1 amide bonds. The maximum Gasteiger partial charge on any atom is 0.225 e. The smallest absolute Gasteiger partial charge is 0.225 e. The van der Waals surface area contributed by atoms with Gasteiger partial charge in [-0.25, -0.2) is 4.39 Å². The van der Waals surface area contributed by atoms with Gasteiger partial charge in [0.15, 0.2) is 0 Å². The first-order chi connectivity index (χ1) is 8.49. The van der Waals surface area contributed by atoms with Gasteiger partial charge in [-0.05, 0) is 44.5 Å². The van der Waals surface area contributed by atoms with E-state index >= 15 is 0 Å². The summed E-state index contributed by atoms with van der Waals surface area (Å²) in [6.45, 7) is 5.40. The van der Waals surface area contributed by atoms with Crippen LogP contribution in [0.15, 0.2) is 24.3 Å². The molecule has 98 valence electrons. The number of nitrogens with one attached hydrogen (secondary N) is 2. The predicted molar refractivity (Wildman–Crippen MR) is 68.5 cm³/mol. The second-order valence-electron chi connectivity index (χ2n) is 5.31. The second-order valence-corrected chi connectivity index (χ2v) is 5.31. The molecule has 0 radical (unpaired) electrons. The zero-order valence-electron chi connectivity index (χ0n) is 10.8. The molecule has 1 unspecified atom stereocenters. The van der Waals surface area contributed by atoms with Gasteiger partial charge in [-0.3, -0.25) is 4.79 Å². The van der Waals surface area contributed by atoms with Crippen molar-refractivity contribution < 1.29 is 9.18 Å². The molecule has 1 aromatic carbocycles. The molecule has 2 rings (SSSR count). The minimum absolute atomic E-state index is 0.0258. The van der Waals surface area contributed by atoms with Gasteiger partial charge in [0.05, 0.1) is 11.5 Å². The van der Waals surface area contributed by atoms with Gasteiger partial charge in [-0.15, -0.1) is 0 Å². The Kier molecular flexibility index (Phi) is 3.66. The summed E-state index contributed by atoms with van der Waals surface area (Å²) in [5.41, 5.74) is 0.226. The third-order valence-corrected chi connectivity index (χ3v) is 3.41. The van der Waals surface area contributed by atoms with Crippen LogP contribution in [0.3, 0.4) is 0 Å². The van der Waals surface area contributed by atoms with E-state index in [1.807, 2.05) is 19.9 Å². The molecule has 1 aliphatic heterocycles. The van der Waals surface area contributed by atoms with Gasteiger partial charge < -0.3 is 10.6 Å². The first-order valence-electron chi connectivity index (χ1n) is 6.28. The van der Waals surface area contributed by atoms with Gasteiger partial charge in [0.25, 0.3) is 0 Å². The molecule has 0 aromatic heterocycles. The Morgan fingerprint density at radius 3 is 2.89 bits per heavy atom. The van der Waals surface area contributed by atoms with Crippen molar-refractivity contribution in [1.29, 1.82) is 0 Å². The summed E-state index contributed by atoms with van der Waals surface area (Å²) in [6.07, 6.45) is 0.866. The Morgan fingerprint density at radius 2 is 2.28 bits per heavy atom. The van der Waals surface area contributed by atoms with Gasteiger partial charge in [0.1, 0.15) is 5.82 Å². The highest BCUT2D eigenvalue weighted by Gasteiger charge is 2.29. The van der Waals surface area contributed by atoms with E-state index in [9.17, 15) is 9.18 Å². The van der Waals surface area contributed by atoms with Crippen LogP contribution in [-0.2, 0) is 10.3 Å². The summed E-state index contributed by atoms with van der Waals surface area (Å²) in [5.74, 6) is -0.218. The fourth-order valence-electron chi connectivity index (χ4n) is 2.24. The minimum Gasteiger partial charge on any atom is -0.347 e. The van der Waals surface area contributed by atoms with Crippen molar-refractivity contribution in [1.82, 2.24) is 10.6 Å². The number of halogens is 1. The average Bonchev–Trinajstić information content (AvgIpc) is 2.82. The van der Waals surface area contributed by atoms with Crippen molar-refractivity contribution in [3.8, 4) is 0 Å². The number of amides is 1. The van der Waals surface area contributed by atoms with Crippen molar-refractivity contribution in [3.05, 3.63) is 35.6 Å². The highest BCUT2D eigenvalue weighted by atomic mass is 19.1. The fraction of sp³-hybridized carbons (Fsp3) is 0.500. The molecule has 18 heavy (non-hydrogen) atoms. The molecule has 1 atom stereocenters. The molecule has 3 nitrogen and oxygen atoms in total.